The van der Waals surface area contributed by atoms with Gasteiger partial charge in [0.2, 0.25) is 12.7 Å². The number of rotatable bonds is 11. The number of carbonyl (C=O) groups excluding carboxylic acids is 3. The second kappa shape index (κ2) is 14.1. The van der Waals surface area contributed by atoms with Crippen molar-refractivity contribution in [3.8, 4) is 34.0 Å². The molecule has 286 valence electrons. The van der Waals surface area contributed by atoms with Gasteiger partial charge in [0, 0.05) is 35.1 Å². The summed E-state index contributed by atoms with van der Waals surface area (Å²) in [5.41, 5.74) is 6.21. The Morgan fingerprint density at radius 2 is 1.70 bits per heavy atom. The monoisotopic (exact) mass is 758 g/mol. The van der Waals surface area contributed by atoms with Gasteiger partial charge in [-0.3, -0.25) is 9.59 Å². The van der Waals surface area contributed by atoms with E-state index in [2.05, 4.69) is 22.8 Å². The minimum Gasteiger partial charge on any atom is -0.458 e. The number of amides is 2. The van der Waals surface area contributed by atoms with Gasteiger partial charge in [0.25, 0.3) is 5.56 Å². The summed E-state index contributed by atoms with van der Waals surface area (Å²) in [4.78, 5) is 56.4. The molecule has 0 fully saturated rings. The largest absolute Gasteiger partial charge is 0.458 e. The van der Waals surface area contributed by atoms with Crippen LogP contribution in [-0.4, -0.2) is 65.9 Å². The topological polar surface area (TPSA) is 177 Å². The number of carbonyl (C=O) groups is 3. The Hall–Kier alpha value is -6.25. The number of cyclic esters (lactones) is 1. The summed E-state index contributed by atoms with van der Waals surface area (Å²) < 4.78 is 29.4. The number of nitrogens with one attached hydrogen (secondary N) is 2. The van der Waals surface area contributed by atoms with Crippen LogP contribution in [0.3, 0.4) is 0 Å². The van der Waals surface area contributed by atoms with E-state index in [1.807, 2.05) is 48.5 Å². The molecule has 9 rings (SSSR count). The molecule has 1 aliphatic carbocycles. The smallest absolute Gasteiger partial charge is 0.407 e. The minimum absolute atomic E-state index is 0.0456. The van der Waals surface area contributed by atoms with Crippen LogP contribution in [0.4, 0.5) is 4.79 Å². The number of aromatic nitrogens is 2. The molecular formula is C42H38N4O10. The van der Waals surface area contributed by atoms with Crippen LogP contribution in [0.2, 0.25) is 0 Å². The van der Waals surface area contributed by atoms with E-state index in [9.17, 15) is 24.3 Å². The van der Waals surface area contributed by atoms with Crippen molar-refractivity contribution in [2.45, 2.75) is 50.9 Å². The van der Waals surface area contributed by atoms with Gasteiger partial charge >= 0.3 is 12.1 Å². The van der Waals surface area contributed by atoms with Crippen LogP contribution >= 0.6 is 0 Å². The summed E-state index contributed by atoms with van der Waals surface area (Å²) in [7, 11) is 0. The molecule has 0 saturated heterocycles. The average molecular weight is 759 g/mol. The third-order valence-electron chi connectivity index (χ3n) is 11.1. The molecule has 5 aromatic rings. The molecule has 0 bridgehead atoms. The van der Waals surface area contributed by atoms with E-state index in [0.717, 1.165) is 38.8 Å². The van der Waals surface area contributed by atoms with Crippen molar-refractivity contribution >= 4 is 28.9 Å². The van der Waals surface area contributed by atoms with Crippen molar-refractivity contribution in [3.05, 3.63) is 110 Å². The van der Waals surface area contributed by atoms with Crippen molar-refractivity contribution in [2.75, 3.05) is 33.3 Å². The van der Waals surface area contributed by atoms with Crippen molar-refractivity contribution in [1.29, 1.82) is 0 Å². The highest BCUT2D eigenvalue weighted by molar-refractivity contribution is 5.91. The Bertz CT molecular complexity index is 2470. The number of aliphatic hydroxyl groups is 1. The molecule has 0 unspecified atom stereocenters. The number of aryl methyl sites for hydroxylation is 1. The lowest BCUT2D eigenvalue weighted by atomic mass is 9.86. The van der Waals surface area contributed by atoms with Crippen molar-refractivity contribution < 1.29 is 43.2 Å². The highest BCUT2D eigenvalue weighted by atomic mass is 16.7. The predicted octanol–water partition coefficient (Wildman–Crippen LogP) is 4.37. The summed E-state index contributed by atoms with van der Waals surface area (Å²) in [6, 6.07) is 21.5. The Labute approximate surface area is 320 Å². The van der Waals surface area contributed by atoms with E-state index in [4.69, 9.17) is 28.7 Å². The second-order valence-electron chi connectivity index (χ2n) is 14.2. The van der Waals surface area contributed by atoms with Crippen molar-refractivity contribution in [2.24, 2.45) is 0 Å². The van der Waals surface area contributed by atoms with E-state index in [1.165, 1.54) is 0 Å². The molecule has 2 aromatic heterocycles. The quantitative estimate of drug-likeness (QED) is 0.0972. The number of hydrogen-bond donors (Lipinski definition) is 3. The molecule has 3 aromatic carbocycles. The van der Waals surface area contributed by atoms with Gasteiger partial charge in [-0.25, -0.2) is 14.6 Å². The molecule has 0 radical (unpaired) electrons. The first-order valence-corrected chi connectivity index (χ1v) is 18.6. The van der Waals surface area contributed by atoms with E-state index >= 15 is 0 Å². The Morgan fingerprint density at radius 1 is 0.964 bits per heavy atom. The summed E-state index contributed by atoms with van der Waals surface area (Å²) in [6.07, 6.45) is 0.466. The van der Waals surface area contributed by atoms with Crippen molar-refractivity contribution in [3.63, 3.8) is 0 Å². The Morgan fingerprint density at radius 3 is 2.45 bits per heavy atom. The molecule has 3 aliphatic heterocycles. The maximum absolute atomic E-state index is 13.8. The molecule has 14 nitrogen and oxygen atoms in total. The number of ether oxygens (including phenoxy) is 5. The maximum atomic E-state index is 13.8. The molecule has 56 heavy (non-hydrogen) atoms. The fourth-order valence-electron chi connectivity index (χ4n) is 8.26. The van der Waals surface area contributed by atoms with Crippen LogP contribution < -0.4 is 25.7 Å². The number of hydrogen-bond acceptors (Lipinski definition) is 11. The fourth-order valence-corrected chi connectivity index (χ4v) is 8.26. The van der Waals surface area contributed by atoms with Crippen LogP contribution in [0.15, 0.2) is 71.5 Å². The SMILES string of the molecule is CC[C@@]1(O)C(=O)OCc2c1cc1n(c2=O)Cc2c-1nc1cc3c(cc1c2CCCOCNC(=O)CNC(=O)OCC1c2ccccc2-c2ccccc21)OCO3. The number of esters is 1. The van der Waals surface area contributed by atoms with Gasteiger partial charge in [0.15, 0.2) is 17.1 Å². The highest BCUT2D eigenvalue weighted by Crippen LogP contribution is 2.45. The Balaban J connectivity index is 0.822. The molecule has 14 heteroatoms. The number of pyridine rings is 2. The number of nitrogens with zero attached hydrogens (tertiary/aromatic N) is 2. The maximum Gasteiger partial charge on any atom is 0.407 e. The fraction of sp³-hybridized carbons (Fsp3) is 0.310. The van der Waals surface area contributed by atoms with E-state index < -0.39 is 23.6 Å². The summed E-state index contributed by atoms with van der Waals surface area (Å²) in [6.45, 7) is 1.90. The normalized spacial score (nSPS) is 17.1. The predicted molar refractivity (Wildman–Crippen MR) is 201 cm³/mol. The second-order valence-corrected chi connectivity index (χ2v) is 14.2. The first-order valence-electron chi connectivity index (χ1n) is 18.6. The van der Waals surface area contributed by atoms with Gasteiger partial charge in [-0.05, 0) is 59.2 Å². The number of benzene rings is 3. The molecule has 0 spiro atoms. The van der Waals surface area contributed by atoms with E-state index in [0.29, 0.717) is 47.9 Å². The number of alkyl carbamates (subject to hydrolysis) is 1. The lowest BCUT2D eigenvalue weighted by Gasteiger charge is -2.31. The highest BCUT2D eigenvalue weighted by Gasteiger charge is 2.45. The molecule has 4 aliphatic rings. The lowest BCUT2D eigenvalue weighted by molar-refractivity contribution is -0.172. The summed E-state index contributed by atoms with van der Waals surface area (Å²) in [5.74, 6) is -0.138. The van der Waals surface area contributed by atoms with Gasteiger partial charge in [-0.15, -0.1) is 0 Å². The molecular weight excluding hydrogens is 720 g/mol. The van der Waals surface area contributed by atoms with Gasteiger partial charge in [-0.1, -0.05) is 55.5 Å². The van der Waals surface area contributed by atoms with Crippen LogP contribution in [-0.2, 0) is 49.0 Å². The third-order valence-corrected chi connectivity index (χ3v) is 11.1. The van der Waals surface area contributed by atoms with Crippen LogP contribution in [0.25, 0.3) is 33.4 Å². The van der Waals surface area contributed by atoms with E-state index in [1.54, 1.807) is 17.6 Å². The standard InChI is InChI=1S/C42H38N4O10/c1-2-42(51)32-15-34-38-29(18-46(34)39(48)31(32)20-53-40(42)49)27(28-14-35-36(56-22-55-35)16-33(28)45-38)12-7-13-52-21-44-37(47)17-43-41(50)54-19-30-25-10-5-3-8-23(25)24-9-4-6-11-26(24)30/h3-6,8-11,14-16,30,51H,2,7,12-13,17-22H2,1H3,(H,43,50)(H,44,47)/t42-/m0/s1. The lowest BCUT2D eigenvalue weighted by Crippen LogP contribution is -2.44. The molecule has 3 N–H and O–H groups in total. The van der Waals surface area contributed by atoms with Gasteiger partial charge in [0.05, 0.1) is 29.0 Å². The average Bonchev–Trinajstić information content (AvgIpc) is 3.92. The van der Waals surface area contributed by atoms with Gasteiger partial charge in [-0.2, -0.15) is 0 Å². The molecule has 0 saturated carbocycles. The molecule has 2 amide bonds. The van der Waals surface area contributed by atoms with Crippen molar-refractivity contribution in [1.82, 2.24) is 20.2 Å². The first-order chi connectivity index (χ1) is 27.2. The first kappa shape index (κ1) is 35.5. The van der Waals surface area contributed by atoms with Gasteiger partial charge < -0.3 is 44.0 Å². The van der Waals surface area contributed by atoms with Crippen LogP contribution in [0, 0.1) is 0 Å². The zero-order valence-electron chi connectivity index (χ0n) is 30.5. The number of fused-ring (bicyclic) bond motifs is 9. The summed E-state index contributed by atoms with van der Waals surface area (Å²) >= 11 is 0. The minimum atomic E-state index is -1.93. The third kappa shape index (κ3) is 5.92. The molecule has 5 heterocycles. The molecule has 1 atom stereocenters. The zero-order chi connectivity index (χ0) is 38.6. The Kier molecular flexibility index (Phi) is 8.93. The zero-order valence-corrected chi connectivity index (χ0v) is 30.5. The van der Waals surface area contributed by atoms with Crippen LogP contribution in [0.1, 0.15) is 59.1 Å². The van der Waals surface area contributed by atoms with E-state index in [-0.39, 0.29) is 68.9 Å². The van der Waals surface area contributed by atoms with Crippen LogP contribution in [0.5, 0.6) is 11.5 Å². The van der Waals surface area contributed by atoms with Gasteiger partial charge in [0.1, 0.15) is 26.5 Å². The summed E-state index contributed by atoms with van der Waals surface area (Å²) in [5, 5.41) is 17.3.